The van der Waals surface area contributed by atoms with E-state index < -0.39 is 0 Å². The number of amidine groups is 1. The third kappa shape index (κ3) is 3.22. The molecule has 0 atom stereocenters. The highest BCUT2D eigenvalue weighted by atomic mass is 15.0. The van der Waals surface area contributed by atoms with Gasteiger partial charge in [-0.15, -0.1) is 0 Å². The van der Waals surface area contributed by atoms with Crippen LogP contribution in [0.25, 0.3) is 0 Å². The Kier molecular flexibility index (Phi) is 4.37. The van der Waals surface area contributed by atoms with E-state index in [9.17, 15) is 0 Å². The third-order valence-corrected chi connectivity index (χ3v) is 5.91. The van der Waals surface area contributed by atoms with Crippen LogP contribution in [0.15, 0.2) is 47.5 Å². The number of aryl methyl sites for hydroxylation is 2. The minimum absolute atomic E-state index is 0.222. The zero-order chi connectivity index (χ0) is 17.3. The number of anilines is 1. The summed E-state index contributed by atoms with van der Waals surface area (Å²) in [5.41, 5.74) is 7.00. The van der Waals surface area contributed by atoms with Crippen molar-refractivity contribution in [1.82, 2.24) is 0 Å². The molecule has 2 aromatic carbocycles. The van der Waals surface area contributed by atoms with Gasteiger partial charge in [-0.3, -0.25) is 4.99 Å². The van der Waals surface area contributed by atoms with E-state index in [0.717, 1.165) is 13.0 Å². The number of nitrogens with zero attached hydrogens (tertiary/aromatic N) is 1. The monoisotopic (exact) mass is 332 g/mol. The zero-order valence-electron chi connectivity index (χ0n) is 15.4. The Morgan fingerprint density at radius 1 is 1.00 bits per heavy atom. The summed E-state index contributed by atoms with van der Waals surface area (Å²) in [5, 5.41) is 3.77. The van der Waals surface area contributed by atoms with Crippen molar-refractivity contribution in [3.05, 3.63) is 64.7 Å². The van der Waals surface area contributed by atoms with Crippen LogP contribution in [-0.2, 0) is 13.0 Å². The van der Waals surface area contributed by atoms with Gasteiger partial charge < -0.3 is 5.32 Å². The molecule has 1 aliphatic heterocycles. The second kappa shape index (κ2) is 6.67. The number of aliphatic imine (C=N–C) groups is 1. The third-order valence-electron chi connectivity index (χ3n) is 5.91. The first-order valence-corrected chi connectivity index (χ1v) is 9.62. The van der Waals surface area contributed by atoms with Crippen LogP contribution in [0.3, 0.4) is 0 Å². The van der Waals surface area contributed by atoms with Crippen molar-refractivity contribution in [2.24, 2.45) is 10.4 Å². The van der Waals surface area contributed by atoms with Gasteiger partial charge in [0.2, 0.25) is 0 Å². The summed E-state index contributed by atoms with van der Waals surface area (Å²) in [6.07, 6.45) is 7.69. The maximum Gasteiger partial charge on any atom is 0.108 e. The van der Waals surface area contributed by atoms with E-state index in [4.69, 9.17) is 4.99 Å². The van der Waals surface area contributed by atoms with Crippen LogP contribution in [0, 0.1) is 19.3 Å². The Hall–Kier alpha value is -2.09. The fraction of sp³-hybridized carbons (Fsp3) is 0.435. The standard InChI is InChI=1S/C23H28N2/c1-17-13-18(2)21-20(14-17)15-23(11-7-4-8-12-23)22(25-21)24-16-19-9-5-3-6-10-19/h3,5-6,9-10,13-14H,4,7-8,11-12,15-16H2,1-2H3,(H,24,25). The molecule has 0 unspecified atom stereocenters. The van der Waals surface area contributed by atoms with E-state index in [0.29, 0.717) is 0 Å². The smallest absolute Gasteiger partial charge is 0.108 e. The second-order valence-electron chi connectivity index (χ2n) is 7.91. The van der Waals surface area contributed by atoms with Gasteiger partial charge in [-0.25, -0.2) is 0 Å². The summed E-state index contributed by atoms with van der Waals surface area (Å²) in [6.45, 7) is 5.19. The van der Waals surface area contributed by atoms with Gasteiger partial charge in [0, 0.05) is 11.1 Å². The molecule has 2 heteroatoms. The van der Waals surface area contributed by atoms with Gasteiger partial charge in [0.05, 0.1) is 6.54 Å². The van der Waals surface area contributed by atoms with Crippen LogP contribution in [0.1, 0.15) is 54.4 Å². The molecule has 0 aromatic heterocycles. The Balaban J connectivity index is 1.72. The predicted octanol–water partition coefficient (Wildman–Crippen LogP) is 5.82. The Labute approximate surface area is 151 Å². The maximum atomic E-state index is 5.10. The molecule has 0 amide bonds. The molecule has 2 aromatic rings. The molecule has 1 saturated carbocycles. The molecule has 0 saturated heterocycles. The summed E-state index contributed by atoms with van der Waals surface area (Å²) in [4.78, 5) is 5.10. The fourth-order valence-electron chi connectivity index (χ4n) is 4.68. The summed E-state index contributed by atoms with van der Waals surface area (Å²) in [7, 11) is 0. The highest BCUT2D eigenvalue weighted by molar-refractivity contribution is 6.03. The minimum atomic E-state index is 0.222. The summed E-state index contributed by atoms with van der Waals surface area (Å²) in [5.74, 6) is 1.23. The van der Waals surface area contributed by atoms with E-state index in [2.05, 4.69) is 61.6 Å². The van der Waals surface area contributed by atoms with Crippen LogP contribution in [0.4, 0.5) is 5.69 Å². The first kappa shape index (κ1) is 16.4. The van der Waals surface area contributed by atoms with Crippen molar-refractivity contribution in [3.63, 3.8) is 0 Å². The van der Waals surface area contributed by atoms with E-state index in [1.807, 2.05) is 0 Å². The van der Waals surface area contributed by atoms with Gasteiger partial charge in [0.25, 0.3) is 0 Å². The average Bonchev–Trinajstić information content (AvgIpc) is 2.61. The highest BCUT2D eigenvalue weighted by Crippen LogP contribution is 2.46. The largest absolute Gasteiger partial charge is 0.343 e. The molecule has 4 rings (SSSR count). The van der Waals surface area contributed by atoms with E-state index in [1.165, 1.54) is 65.9 Å². The van der Waals surface area contributed by atoms with E-state index >= 15 is 0 Å². The lowest BCUT2D eigenvalue weighted by Gasteiger charge is -2.43. The van der Waals surface area contributed by atoms with E-state index in [1.54, 1.807) is 0 Å². The fourth-order valence-corrected chi connectivity index (χ4v) is 4.68. The van der Waals surface area contributed by atoms with Gasteiger partial charge in [0.15, 0.2) is 0 Å². The first-order valence-electron chi connectivity index (χ1n) is 9.62. The Morgan fingerprint density at radius 3 is 2.52 bits per heavy atom. The number of hydrogen-bond acceptors (Lipinski definition) is 1. The zero-order valence-corrected chi connectivity index (χ0v) is 15.4. The molecule has 1 fully saturated rings. The summed E-state index contributed by atoms with van der Waals surface area (Å²) in [6, 6.07) is 15.3. The lowest BCUT2D eigenvalue weighted by atomic mass is 9.67. The number of nitrogens with one attached hydrogen (secondary N) is 1. The lowest BCUT2D eigenvalue weighted by molar-refractivity contribution is 0.278. The topological polar surface area (TPSA) is 24.4 Å². The van der Waals surface area contributed by atoms with Gasteiger partial charge in [-0.05, 0) is 49.8 Å². The first-order chi connectivity index (χ1) is 12.2. The van der Waals surface area contributed by atoms with Crippen LogP contribution >= 0.6 is 0 Å². The Bertz CT molecular complexity index is 783. The van der Waals surface area contributed by atoms with Crippen molar-refractivity contribution in [3.8, 4) is 0 Å². The van der Waals surface area contributed by atoms with Crippen LogP contribution in [0.2, 0.25) is 0 Å². The maximum absolute atomic E-state index is 5.10. The summed E-state index contributed by atoms with van der Waals surface area (Å²) >= 11 is 0. The van der Waals surface area contributed by atoms with Crippen LogP contribution in [0.5, 0.6) is 0 Å². The molecule has 1 N–H and O–H groups in total. The van der Waals surface area contributed by atoms with Crippen molar-refractivity contribution >= 4 is 11.5 Å². The second-order valence-corrected chi connectivity index (χ2v) is 7.91. The number of rotatable bonds is 2. The molecule has 130 valence electrons. The minimum Gasteiger partial charge on any atom is -0.343 e. The van der Waals surface area contributed by atoms with Gasteiger partial charge in [-0.2, -0.15) is 0 Å². The van der Waals surface area contributed by atoms with E-state index in [-0.39, 0.29) is 5.41 Å². The average molecular weight is 332 g/mol. The van der Waals surface area contributed by atoms with Gasteiger partial charge in [0.1, 0.15) is 5.84 Å². The van der Waals surface area contributed by atoms with Gasteiger partial charge >= 0.3 is 0 Å². The van der Waals surface area contributed by atoms with Crippen LogP contribution in [-0.4, -0.2) is 5.84 Å². The van der Waals surface area contributed by atoms with Crippen molar-refractivity contribution < 1.29 is 0 Å². The molecule has 0 radical (unpaired) electrons. The molecule has 1 heterocycles. The van der Waals surface area contributed by atoms with Crippen molar-refractivity contribution in [1.29, 1.82) is 0 Å². The molecular formula is C23H28N2. The molecule has 2 aliphatic rings. The molecule has 1 aliphatic carbocycles. The molecule has 1 spiro atoms. The number of benzene rings is 2. The normalized spacial score (nSPS) is 20.3. The molecule has 0 bridgehead atoms. The van der Waals surface area contributed by atoms with Gasteiger partial charge in [-0.1, -0.05) is 67.3 Å². The molecule has 2 nitrogen and oxygen atoms in total. The quantitative estimate of drug-likeness (QED) is 0.736. The SMILES string of the molecule is Cc1cc(C)c2c(c1)CC1(CCCCC1)C(=NCc1ccccc1)N2. The summed E-state index contributed by atoms with van der Waals surface area (Å²) < 4.78 is 0. The van der Waals surface area contributed by atoms with Crippen LogP contribution < -0.4 is 5.32 Å². The van der Waals surface area contributed by atoms with Crippen molar-refractivity contribution in [2.75, 3.05) is 5.32 Å². The number of fused-ring (bicyclic) bond motifs is 1. The number of hydrogen-bond donors (Lipinski definition) is 1. The van der Waals surface area contributed by atoms with Crippen molar-refractivity contribution in [2.45, 2.75) is 58.9 Å². The molecule has 25 heavy (non-hydrogen) atoms. The predicted molar refractivity (Wildman–Crippen MR) is 106 cm³/mol. The lowest BCUT2D eigenvalue weighted by Crippen LogP contribution is -2.43. The Morgan fingerprint density at radius 2 is 1.76 bits per heavy atom. The highest BCUT2D eigenvalue weighted by Gasteiger charge is 2.41. The molecular weight excluding hydrogens is 304 g/mol.